The number of anilines is 1. The molecule has 5 heteroatoms. The summed E-state index contributed by atoms with van der Waals surface area (Å²) in [5.41, 5.74) is 0.803. The third-order valence-corrected chi connectivity index (χ3v) is 7.08. The average molecular weight is 354 g/mol. The maximum atomic E-state index is 12.6. The predicted octanol–water partition coefficient (Wildman–Crippen LogP) is 4.49. The fourth-order valence-electron chi connectivity index (χ4n) is 4.54. The second-order valence-electron chi connectivity index (χ2n) is 7.12. The molecule has 3 aliphatic rings. The van der Waals surface area contributed by atoms with Crippen molar-refractivity contribution in [1.29, 1.82) is 0 Å². The SMILES string of the molecule is COc1cccc(NC(=O)C2[C@H]3CC[C@@H]4[C@@H](CC[C@@H]23)C4(Cl)Cl)c1. The summed E-state index contributed by atoms with van der Waals surface area (Å²) in [4.78, 5) is 12.6. The molecule has 3 aliphatic carbocycles. The lowest BCUT2D eigenvalue weighted by Crippen LogP contribution is -2.15. The smallest absolute Gasteiger partial charge is 0.228 e. The van der Waals surface area contributed by atoms with E-state index in [4.69, 9.17) is 27.9 Å². The fourth-order valence-corrected chi connectivity index (χ4v) is 5.46. The molecule has 0 aliphatic heterocycles. The van der Waals surface area contributed by atoms with Gasteiger partial charge in [-0.3, -0.25) is 4.79 Å². The number of hydrogen-bond acceptors (Lipinski definition) is 2. The number of alkyl halides is 2. The van der Waals surface area contributed by atoms with Crippen LogP contribution in [0.5, 0.6) is 5.75 Å². The fraction of sp³-hybridized carbons (Fsp3) is 0.611. The molecule has 3 saturated carbocycles. The highest BCUT2D eigenvalue weighted by Gasteiger charge is 2.65. The third-order valence-electron chi connectivity index (χ3n) is 5.96. The molecule has 0 spiro atoms. The lowest BCUT2D eigenvalue weighted by atomic mass is 10.0. The summed E-state index contributed by atoms with van der Waals surface area (Å²) in [6.07, 6.45) is 4.26. The molecule has 124 valence electrons. The molecule has 1 N–H and O–H groups in total. The van der Waals surface area contributed by atoms with Crippen LogP contribution in [0.3, 0.4) is 0 Å². The molecule has 3 nitrogen and oxygen atoms in total. The Bertz CT molecular complexity index is 611. The summed E-state index contributed by atoms with van der Waals surface area (Å²) in [5, 5.41) is 3.04. The standard InChI is InChI=1S/C18H21Cl2NO2/c1-23-11-4-2-3-10(9-11)21-17(22)16-12-5-7-14-15(18(14,19)20)8-6-13(12)16/h2-4,9,12-16H,5-8H2,1H3,(H,21,22)/t12-,13+,14-,15-,16?/m1/s1. The van der Waals surface area contributed by atoms with Gasteiger partial charge in [-0.05, 0) is 61.5 Å². The first-order valence-corrected chi connectivity index (χ1v) is 9.10. The number of benzene rings is 1. The van der Waals surface area contributed by atoms with Crippen molar-refractivity contribution in [3.8, 4) is 5.75 Å². The minimum absolute atomic E-state index is 0.145. The Kier molecular flexibility index (Phi) is 3.77. The number of hydrogen-bond donors (Lipinski definition) is 1. The van der Waals surface area contributed by atoms with Crippen LogP contribution in [0.25, 0.3) is 0 Å². The highest BCUT2D eigenvalue weighted by atomic mass is 35.5. The van der Waals surface area contributed by atoms with Crippen molar-refractivity contribution in [2.24, 2.45) is 29.6 Å². The maximum Gasteiger partial charge on any atom is 0.228 e. The molecular weight excluding hydrogens is 333 g/mol. The van der Waals surface area contributed by atoms with Crippen molar-refractivity contribution in [2.75, 3.05) is 12.4 Å². The van der Waals surface area contributed by atoms with E-state index < -0.39 is 4.33 Å². The second kappa shape index (κ2) is 5.56. The van der Waals surface area contributed by atoms with Crippen LogP contribution in [0.2, 0.25) is 0 Å². The zero-order valence-corrected chi connectivity index (χ0v) is 14.6. The first-order chi connectivity index (χ1) is 11.0. The quantitative estimate of drug-likeness (QED) is 0.813. The number of ether oxygens (including phenoxy) is 1. The molecule has 0 saturated heterocycles. The molecule has 0 heterocycles. The molecule has 4 rings (SSSR count). The number of rotatable bonds is 3. The molecule has 23 heavy (non-hydrogen) atoms. The van der Waals surface area contributed by atoms with Crippen molar-refractivity contribution < 1.29 is 9.53 Å². The molecule has 5 atom stereocenters. The second-order valence-corrected chi connectivity index (χ2v) is 8.56. The van der Waals surface area contributed by atoms with Crippen LogP contribution in [0.4, 0.5) is 5.69 Å². The van der Waals surface area contributed by atoms with E-state index >= 15 is 0 Å². The molecule has 1 unspecified atom stereocenters. The van der Waals surface area contributed by atoms with Gasteiger partial charge in [0.2, 0.25) is 5.91 Å². The first kappa shape index (κ1) is 15.6. The highest BCUT2D eigenvalue weighted by Crippen LogP contribution is 2.67. The summed E-state index contributed by atoms with van der Waals surface area (Å²) < 4.78 is 4.71. The van der Waals surface area contributed by atoms with Gasteiger partial charge in [0, 0.05) is 17.7 Å². The molecule has 1 amide bonds. The first-order valence-electron chi connectivity index (χ1n) is 8.35. The van der Waals surface area contributed by atoms with Crippen LogP contribution < -0.4 is 10.1 Å². The van der Waals surface area contributed by atoms with Crippen molar-refractivity contribution >= 4 is 34.8 Å². The van der Waals surface area contributed by atoms with Crippen LogP contribution in [-0.2, 0) is 4.79 Å². The van der Waals surface area contributed by atoms with Crippen molar-refractivity contribution in [2.45, 2.75) is 30.0 Å². The Hall–Kier alpha value is -0.930. The molecule has 1 aromatic rings. The minimum Gasteiger partial charge on any atom is -0.497 e. The van der Waals surface area contributed by atoms with Gasteiger partial charge in [-0.25, -0.2) is 0 Å². The Morgan fingerprint density at radius 1 is 1.17 bits per heavy atom. The van der Waals surface area contributed by atoms with E-state index in [1.807, 2.05) is 24.3 Å². The number of carbonyl (C=O) groups is 1. The molecule has 3 fully saturated rings. The van der Waals surface area contributed by atoms with Crippen LogP contribution in [0, 0.1) is 29.6 Å². The minimum atomic E-state index is -0.491. The number of fused-ring (bicyclic) bond motifs is 2. The molecule has 0 radical (unpaired) electrons. The lowest BCUT2D eigenvalue weighted by Gasteiger charge is -2.07. The van der Waals surface area contributed by atoms with E-state index in [1.165, 1.54) is 0 Å². The summed E-state index contributed by atoms with van der Waals surface area (Å²) >= 11 is 12.7. The zero-order valence-electron chi connectivity index (χ0n) is 13.1. The van der Waals surface area contributed by atoms with Crippen LogP contribution in [0.15, 0.2) is 24.3 Å². The lowest BCUT2D eigenvalue weighted by molar-refractivity contribution is -0.117. The molecule has 0 aromatic heterocycles. The van der Waals surface area contributed by atoms with Crippen LogP contribution >= 0.6 is 23.2 Å². The average Bonchev–Trinajstić information content (AvgIpc) is 3.32. The van der Waals surface area contributed by atoms with Gasteiger partial charge >= 0.3 is 0 Å². The largest absolute Gasteiger partial charge is 0.497 e. The van der Waals surface area contributed by atoms with E-state index in [2.05, 4.69) is 5.32 Å². The summed E-state index contributed by atoms with van der Waals surface area (Å²) in [6.45, 7) is 0. The van der Waals surface area contributed by atoms with E-state index in [0.717, 1.165) is 37.1 Å². The summed E-state index contributed by atoms with van der Waals surface area (Å²) in [6, 6.07) is 7.51. The summed E-state index contributed by atoms with van der Waals surface area (Å²) in [5.74, 6) is 2.94. The molecule has 0 bridgehead atoms. The van der Waals surface area contributed by atoms with Crippen molar-refractivity contribution in [3.05, 3.63) is 24.3 Å². The molecular formula is C18H21Cl2NO2. The van der Waals surface area contributed by atoms with Gasteiger partial charge in [0.05, 0.1) is 7.11 Å². The van der Waals surface area contributed by atoms with Gasteiger partial charge in [-0.2, -0.15) is 0 Å². The Morgan fingerprint density at radius 2 is 1.83 bits per heavy atom. The number of nitrogens with one attached hydrogen (secondary N) is 1. The number of amides is 1. The van der Waals surface area contributed by atoms with Gasteiger partial charge in [-0.1, -0.05) is 6.07 Å². The maximum absolute atomic E-state index is 12.6. The Labute approximate surface area is 146 Å². The number of methoxy groups -OCH3 is 1. The van der Waals surface area contributed by atoms with Crippen molar-refractivity contribution in [1.82, 2.24) is 0 Å². The van der Waals surface area contributed by atoms with Crippen molar-refractivity contribution in [3.63, 3.8) is 0 Å². The van der Waals surface area contributed by atoms with Gasteiger partial charge < -0.3 is 10.1 Å². The van der Waals surface area contributed by atoms with E-state index in [0.29, 0.717) is 23.7 Å². The third kappa shape index (κ3) is 2.72. The van der Waals surface area contributed by atoms with E-state index in [9.17, 15) is 4.79 Å². The van der Waals surface area contributed by atoms with Crippen LogP contribution in [0.1, 0.15) is 25.7 Å². The number of halogens is 2. The number of carbonyl (C=O) groups excluding carboxylic acids is 1. The van der Waals surface area contributed by atoms with Crippen LogP contribution in [-0.4, -0.2) is 17.4 Å². The highest BCUT2D eigenvalue weighted by molar-refractivity contribution is 6.51. The molecule has 1 aromatic carbocycles. The topological polar surface area (TPSA) is 38.3 Å². The van der Waals surface area contributed by atoms with Gasteiger partial charge in [-0.15, -0.1) is 23.2 Å². The Balaban J connectivity index is 1.38. The van der Waals surface area contributed by atoms with Gasteiger partial charge in [0.15, 0.2) is 0 Å². The van der Waals surface area contributed by atoms with Gasteiger partial charge in [0.25, 0.3) is 0 Å². The zero-order chi connectivity index (χ0) is 16.2. The normalized spacial score (nSPS) is 36.7. The van der Waals surface area contributed by atoms with Gasteiger partial charge in [0.1, 0.15) is 10.1 Å². The monoisotopic (exact) mass is 353 g/mol. The predicted molar refractivity (Wildman–Crippen MR) is 92.0 cm³/mol. The van der Waals surface area contributed by atoms with E-state index in [1.54, 1.807) is 7.11 Å². The Morgan fingerprint density at radius 3 is 2.43 bits per heavy atom. The van der Waals surface area contributed by atoms with E-state index in [-0.39, 0.29) is 11.8 Å². The summed E-state index contributed by atoms with van der Waals surface area (Å²) in [7, 11) is 1.63.